The smallest absolute Gasteiger partial charge is 0.150 e. The maximum atomic E-state index is 13.2. The van der Waals surface area contributed by atoms with Crippen LogP contribution in [0.25, 0.3) is 0 Å². The highest BCUT2D eigenvalue weighted by molar-refractivity contribution is 8.00. The predicted molar refractivity (Wildman–Crippen MR) is 77.6 cm³/mol. The first-order chi connectivity index (χ1) is 8.86. The first-order valence-electron chi connectivity index (χ1n) is 6.27. The summed E-state index contributed by atoms with van der Waals surface area (Å²) in [7, 11) is -2.99. The molecule has 0 heterocycles. The largest absolute Gasteiger partial charge is 0.398 e. The zero-order valence-corrected chi connectivity index (χ0v) is 12.4. The minimum absolute atomic E-state index is 0.192. The molecule has 19 heavy (non-hydrogen) atoms. The van der Waals surface area contributed by atoms with E-state index in [-0.39, 0.29) is 16.3 Å². The molecular weight excluding hydrogens is 285 g/mol. The van der Waals surface area contributed by atoms with Gasteiger partial charge in [-0.2, -0.15) is 0 Å². The fourth-order valence-corrected chi connectivity index (χ4v) is 5.04. The van der Waals surface area contributed by atoms with Crippen molar-refractivity contribution in [1.82, 2.24) is 0 Å². The molecule has 0 aromatic heterocycles. The lowest BCUT2D eigenvalue weighted by Crippen LogP contribution is -2.28. The number of hydrogen-bond donors (Lipinski definition) is 1. The van der Waals surface area contributed by atoms with Crippen molar-refractivity contribution >= 4 is 27.3 Å². The summed E-state index contributed by atoms with van der Waals surface area (Å²) in [5.74, 6) is -0.313. The molecule has 3 nitrogen and oxygen atoms in total. The molecule has 0 spiro atoms. The number of benzene rings is 1. The number of halogens is 1. The second-order valence-corrected chi connectivity index (χ2v) is 8.71. The van der Waals surface area contributed by atoms with E-state index in [4.69, 9.17) is 5.73 Å². The molecule has 2 rings (SSSR count). The number of rotatable bonds is 3. The highest BCUT2D eigenvalue weighted by Gasteiger charge is 2.29. The Labute approximate surface area is 117 Å². The van der Waals surface area contributed by atoms with Gasteiger partial charge in [-0.05, 0) is 37.5 Å². The van der Waals surface area contributed by atoms with Crippen molar-refractivity contribution in [2.24, 2.45) is 0 Å². The van der Waals surface area contributed by atoms with E-state index >= 15 is 0 Å². The minimum Gasteiger partial charge on any atom is -0.398 e. The van der Waals surface area contributed by atoms with Gasteiger partial charge < -0.3 is 5.73 Å². The van der Waals surface area contributed by atoms with Crippen LogP contribution in [0.2, 0.25) is 0 Å². The molecule has 6 heteroatoms. The summed E-state index contributed by atoms with van der Waals surface area (Å²) in [5.41, 5.74) is 6.37. The first-order valence-corrected chi connectivity index (χ1v) is 9.10. The van der Waals surface area contributed by atoms with Gasteiger partial charge in [0.05, 0.1) is 5.25 Å². The van der Waals surface area contributed by atoms with Crippen LogP contribution in [0.1, 0.15) is 25.7 Å². The van der Waals surface area contributed by atoms with Crippen molar-refractivity contribution in [2.45, 2.75) is 41.1 Å². The van der Waals surface area contributed by atoms with Crippen molar-refractivity contribution in [3.8, 4) is 0 Å². The molecule has 0 aliphatic heterocycles. The topological polar surface area (TPSA) is 60.2 Å². The Bertz CT molecular complexity index is 560. The highest BCUT2D eigenvalue weighted by atomic mass is 32.2. The van der Waals surface area contributed by atoms with Gasteiger partial charge in [-0.1, -0.05) is 6.42 Å². The number of thioether (sulfide) groups is 1. The summed E-state index contributed by atoms with van der Waals surface area (Å²) in [6.45, 7) is 0. The molecule has 0 radical (unpaired) electrons. The van der Waals surface area contributed by atoms with Gasteiger partial charge in [0, 0.05) is 22.1 Å². The zero-order chi connectivity index (χ0) is 14.0. The van der Waals surface area contributed by atoms with Crippen molar-refractivity contribution in [2.75, 3.05) is 12.0 Å². The molecule has 0 amide bonds. The van der Waals surface area contributed by atoms with Crippen LogP contribution in [0.4, 0.5) is 10.1 Å². The molecular formula is C13H18FNO2S2. The average Bonchev–Trinajstić information content (AvgIpc) is 2.33. The van der Waals surface area contributed by atoms with Gasteiger partial charge in [0.15, 0.2) is 0 Å². The third-order valence-electron chi connectivity index (χ3n) is 3.45. The Morgan fingerprint density at radius 1 is 1.37 bits per heavy atom. The van der Waals surface area contributed by atoms with E-state index in [1.807, 2.05) is 0 Å². The van der Waals surface area contributed by atoms with Gasteiger partial charge in [0.25, 0.3) is 0 Å². The van der Waals surface area contributed by atoms with E-state index in [1.54, 1.807) is 6.07 Å². The van der Waals surface area contributed by atoms with Crippen LogP contribution in [-0.4, -0.2) is 25.2 Å². The molecule has 106 valence electrons. The van der Waals surface area contributed by atoms with Crippen LogP contribution in [0.3, 0.4) is 0 Å². The average molecular weight is 303 g/mol. The highest BCUT2D eigenvalue weighted by Crippen LogP contribution is 2.38. The second kappa shape index (κ2) is 5.71. The van der Waals surface area contributed by atoms with E-state index in [2.05, 4.69) is 0 Å². The number of anilines is 1. The summed E-state index contributed by atoms with van der Waals surface area (Å²) in [6.07, 6.45) is 4.49. The maximum Gasteiger partial charge on any atom is 0.150 e. The number of nitrogen functional groups attached to an aromatic ring is 1. The fourth-order valence-electron chi connectivity index (χ4n) is 2.39. The standard InChI is InChI=1S/C13H18FNO2S2/c1-19(16,17)11-4-2-3-10(8-11)18-13-7-9(14)5-6-12(13)15/h5-7,10-11H,2-4,8,15H2,1H3. The third-order valence-corrected chi connectivity index (χ3v) is 6.46. The Balaban J connectivity index is 2.09. The number of nitrogens with two attached hydrogens (primary N) is 1. The monoisotopic (exact) mass is 303 g/mol. The van der Waals surface area contributed by atoms with Gasteiger partial charge >= 0.3 is 0 Å². The predicted octanol–water partition coefficient (Wildman–Crippen LogP) is 2.86. The number of sulfone groups is 1. The van der Waals surface area contributed by atoms with E-state index in [0.717, 1.165) is 19.3 Å². The lowest BCUT2D eigenvalue weighted by Gasteiger charge is -2.27. The molecule has 0 saturated heterocycles. The van der Waals surface area contributed by atoms with Crippen LogP contribution in [-0.2, 0) is 9.84 Å². The molecule has 0 bridgehead atoms. The van der Waals surface area contributed by atoms with Crippen LogP contribution in [0.5, 0.6) is 0 Å². The van der Waals surface area contributed by atoms with Crippen molar-refractivity contribution in [3.63, 3.8) is 0 Å². The van der Waals surface area contributed by atoms with Crippen LogP contribution >= 0.6 is 11.8 Å². The third kappa shape index (κ3) is 3.86. The fraction of sp³-hybridized carbons (Fsp3) is 0.538. The minimum atomic E-state index is -2.99. The van der Waals surface area contributed by atoms with Gasteiger partial charge in [0.2, 0.25) is 0 Å². The lowest BCUT2D eigenvalue weighted by atomic mass is 10.00. The Kier molecular flexibility index (Phi) is 4.40. The molecule has 1 saturated carbocycles. The van der Waals surface area contributed by atoms with Gasteiger partial charge in [-0.15, -0.1) is 11.8 Å². The summed E-state index contributed by atoms with van der Waals surface area (Å²) < 4.78 is 36.4. The molecule has 2 atom stereocenters. The quantitative estimate of drug-likeness (QED) is 0.872. The Morgan fingerprint density at radius 3 is 2.79 bits per heavy atom. The summed E-state index contributed by atoms with van der Waals surface area (Å²) in [5, 5.41) is -0.0777. The molecule has 1 aliphatic rings. The summed E-state index contributed by atoms with van der Waals surface area (Å²) in [4.78, 5) is 0.708. The van der Waals surface area contributed by atoms with E-state index in [0.29, 0.717) is 17.0 Å². The van der Waals surface area contributed by atoms with E-state index < -0.39 is 9.84 Å². The first kappa shape index (κ1) is 14.7. The van der Waals surface area contributed by atoms with Crippen molar-refractivity contribution < 1.29 is 12.8 Å². The molecule has 2 N–H and O–H groups in total. The summed E-state index contributed by atoms with van der Waals surface area (Å²) >= 11 is 1.50. The zero-order valence-electron chi connectivity index (χ0n) is 10.8. The molecule has 1 aromatic carbocycles. The number of hydrogen-bond acceptors (Lipinski definition) is 4. The normalized spacial score (nSPS) is 24.3. The second-order valence-electron chi connectivity index (χ2n) is 5.04. The molecule has 1 aromatic rings. The Morgan fingerprint density at radius 2 is 2.11 bits per heavy atom. The molecule has 2 unspecified atom stereocenters. The van der Waals surface area contributed by atoms with Crippen LogP contribution in [0.15, 0.2) is 23.1 Å². The Hall–Kier alpha value is -0.750. The van der Waals surface area contributed by atoms with E-state index in [9.17, 15) is 12.8 Å². The molecule has 1 aliphatic carbocycles. The van der Waals surface area contributed by atoms with Crippen LogP contribution in [0, 0.1) is 5.82 Å². The summed E-state index contributed by atoms with van der Waals surface area (Å²) in [6, 6.07) is 4.30. The maximum absolute atomic E-state index is 13.2. The van der Waals surface area contributed by atoms with Gasteiger partial charge in [-0.3, -0.25) is 0 Å². The van der Waals surface area contributed by atoms with Gasteiger partial charge in [0.1, 0.15) is 15.7 Å². The van der Waals surface area contributed by atoms with Crippen LogP contribution < -0.4 is 5.73 Å². The van der Waals surface area contributed by atoms with Crippen molar-refractivity contribution in [1.29, 1.82) is 0 Å². The van der Waals surface area contributed by atoms with Gasteiger partial charge in [-0.25, -0.2) is 12.8 Å². The molecule has 1 fully saturated rings. The van der Waals surface area contributed by atoms with Crippen molar-refractivity contribution in [3.05, 3.63) is 24.0 Å². The van der Waals surface area contributed by atoms with E-state index in [1.165, 1.54) is 30.2 Å². The lowest BCUT2D eigenvalue weighted by molar-refractivity contribution is 0.495. The SMILES string of the molecule is CS(=O)(=O)C1CCCC(Sc2cc(F)ccc2N)C1.